The van der Waals surface area contributed by atoms with Crippen LogP contribution >= 0.6 is 11.6 Å². The fraction of sp³-hybridized carbons (Fsp3) is 0.300. The van der Waals surface area contributed by atoms with Crippen LogP contribution in [0, 0.1) is 0 Å². The van der Waals surface area contributed by atoms with E-state index in [1.807, 2.05) is 36.5 Å². The molecule has 140 valence electrons. The van der Waals surface area contributed by atoms with Crippen LogP contribution in [0.4, 0.5) is 5.82 Å². The molecule has 7 heteroatoms. The maximum absolute atomic E-state index is 12.4. The van der Waals surface area contributed by atoms with Crippen LogP contribution in [-0.4, -0.2) is 33.7 Å². The van der Waals surface area contributed by atoms with Crippen molar-refractivity contribution >= 4 is 23.3 Å². The summed E-state index contributed by atoms with van der Waals surface area (Å²) in [6.07, 6.45) is 4.28. The molecule has 1 amide bonds. The van der Waals surface area contributed by atoms with Gasteiger partial charge in [0.25, 0.3) is 5.91 Å². The summed E-state index contributed by atoms with van der Waals surface area (Å²) in [5.41, 5.74) is 1.08. The molecule has 1 aliphatic rings. The van der Waals surface area contributed by atoms with E-state index in [9.17, 15) is 4.79 Å². The van der Waals surface area contributed by atoms with E-state index >= 15 is 0 Å². The van der Waals surface area contributed by atoms with Crippen LogP contribution in [-0.2, 0) is 13.1 Å². The predicted octanol–water partition coefficient (Wildman–Crippen LogP) is 4.03. The van der Waals surface area contributed by atoms with Crippen LogP contribution in [0.15, 0.2) is 53.1 Å². The van der Waals surface area contributed by atoms with E-state index in [0.29, 0.717) is 23.1 Å². The van der Waals surface area contributed by atoms with Crippen molar-refractivity contribution in [1.29, 1.82) is 0 Å². The molecule has 1 N–H and O–H groups in total. The van der Waals surface area contributed by atoms with Gasteiger partial charge in [-0.3, -0.25) is 14.4 Å². The number of hydrogen-bond acceptors (Lipinski definition) is 4. The molecule has 6 nitrogen and oxygen atoms in total. The average molecular weight is 385 g/mol. The molecule has 0 unspecified atom stereocenters. The Morgan fingerprint density at radius 1 is 1.07 bits per heavy atom. The number of carbonyl (C=O) groups is 1. The summed E-state index contributed by atoms with van der Waals surface area (Å²) in [5, 5.41) is 7.87. The number of halogens is 1. The van der Waals surface area contributed by atoms with Crippen molar-refractivity contribution in [2.75, 3.05) is 18.4 Å². The predicted molar refractivity (Wildman–Crippen MR) is 104 cm³/mol. The molecule has 0 spiro atoms. The van der Waals surface area contributed by atoms with Gasteiger partial charge in [-0.2, -0.15) is 5.10 Å². The summed E-state index contributed by atoms with van der Waals surface area (Å²) < 4.78 is 7.46. The van der Waals surface area contributed by atoms with Gasteiger partial charge >= 0.3 is 0 Å². The van der Waals surface area contributed by atoms with Crippen molar-refractivity contribution in [3.63, 3.8) is 0 Å². The Bertz CT molecular complexity index is 910. The minimum absolute atomic E-state index is 0.292. The molecule has 1 saturated heterocycles. The Morgan fingerprint density at radius 2 is 1.85 bits per heavy atom. The second-order valence-corrected chi connectivity index (χ2v) is 7.16. The van der Waals surface area contributed by atoms with Crippen molar-refractivity contribution in [2.24, 2.45) is 0 Å². The summed E-state index contributed by atoms with van der Waals surface area (Å²) in [6.45, 7) is 3.54. The molecule has 3 heterocycles. The van der Waals surface area contributed by atoms with Gasteiger partial charge in [0.2, 0.25) is 0 Å². The average Bonchev–Trinajstić information content (AvgIpc) is 3.40. The van der Waals surface area contributed by atoms with Gasteiger partial charge in [-0.1, -0.05) is 23.7 Å². The molecule has 2 aromatic heterocycles. The van der Waals surface area contributed by atoms with Crippen molar-refractivity contribution in [3.8, 4) is 0 Å². The van der Waals surface area contributed by atoms with E-state index in [2.05, 4.69) is 15.3 Å². The Kier molecular flexibility index (Phi) is 5.27. The number of carbonyl (C=O) groups excluding carboxylic acids is 1. The van der Waals surface area contributed by atoms with Gasteiger partial charge in [0.05, 0.1) is 13.1 Å². The molecule has 4 rings (SSSR count). The van der Waals surface area contributed by atoms with E-state index in [-0.39, 0.29) is 5.91 Å². The van der Waals surface area contributed by atoms with E-state index in [1.165, 1.54) is 12.8 Å². The second-order valence-electron chi connectivity index (χ2n) is 6.73. The van der Waals surface area contributed by atoms with E-state index in [4.69, 9.17) is 16.0 Å². The van der Waals surface area contributed by atoms with Gasteiger partial charge in [0.15, 0.2) is 11.6 Å². The number of nitrogens with zero attached hydrogens (tertiary/aromatic N) is 3. The number of hydrogen-bond donors (Lipinski definition) is 1. The number of rotatable bonds is 6. The second kappa shape index (κ2) is 7.98. The number of aromatic nitrogens is 2. The Labute approximate surface area is 162 Å². The third-order valence-electron chi connectivity index (χ3n) is 4.60. The van der Waals surface area contributed by atoms with Crippen LogP contribution in [0.3, 0.4) is 0 Å². The number of likely N-dealkylation sites (tertiary alicyclic amines) is 1. The molecule has 0 atom stereocenters. The fourth-order valence-electron chi connectivity index (χ4n) is 3.22. The highest BCUT2D eigenvalue weighted by atomic mass is 35.5. The first-order valence-corrected chi connectivity index (χ1v) is 9.44. The normalized spacial score (nSPS) is 14.6. The summed E-state index contributed by atoms with van der Waals surface area (Å²) >= 11 is 5.90. The van der Waals surface area contributed by atoms with Crippen LogP contribution < -0.4 is 5.32 Å². The zero-order chi connectivity index (χ0) is 18.6. The number of benzene rings is 1. The third-order valence-corrected chi connectivity index (χ3v) is 4.86. The van der Waals surface area contributed by atoms with Gasteiger partial charge in [-0.25, -0.2) is 0 Å². The Hall–Kier alpha value is -2.57. The van der Waals surface area contributed by atoms with Crippen LogP contribution in [0.5, 0.6) is 0 Å². The minimum Gasteiger partial charge on any atom is -0.455 e. The quantitative estimate of drug-likeness (QED) is 0.697. The smallest absolute Gasteiger partial charge is 0.292 e. The Morgan fingerprint density at radius 3 is 2.63 bits per heavy atom. The highest BCUT2D eigenvalue weighted by molar-refractivity contribution is 6.30. The number of furan rings is 1. The lowest BCUT2D eigenvalue weighted by molar-refractivity contribution is 0.0993. The monoisotopic (exact) mass is 384 g/mol. The van der Waals surface area contributed by atoms with Gasteiger partial charge in [-0.05, 0) is 55.8 Å². The lowest BCUT2D eigenvalue weighted by atomic mass is 10.2. The zero-order valence-corrected chi connectivity index (χ0v) is 15.7. The molecule has 3 aromatic rings. The highest BCUT2D eigenvalue weighted by Gasteiger charge is 2.16. The summed E-state index contributed by atoms with van der Waals surface area (Å²) in [7, 11) is 0. The van der Waals surface area contributed by atoms with Crippen molar-refractivity contribution in [1.82, 2.24) is 14.7 Å². The summed E-state index contributed by atoms with van der Waals surface area (Å²) in [5.74, 6) is 1.32. The highest BCUT2D eigenvalue weighted by Crippen LogP contribution is 2.16. The molecular formula is C20H21ClN4O2. The maximum atomic E-state index is 12.4. The first-order valence-electron chi connectivity index (χ1n) is 9.06. The SMILES string of the molecule is O=C(Nc1ccn(Cc2ccc(Cl)cc2)n1)c1ccc(CN2CCCC2)o1. The topological polar surface area (TPSA) is 63.3 Å². The molecule has 0 bridgehead atoms. The summed E-state index contributed by atoms with van der Waals surface area (Å²) in [6, 6.07) is 12.9. The first kappa shape index (κ1) is 17.8. The van der Waals surface area contributed by atoms with Crippen LogP contribution in [0.1, 0.15) is 34.7 Å². The van der Waals surface area contributed by atoms with Gasteiger partial charge in [0.1, 0.15) is 5.76 Å². The molecule has 0 saturated carbocycles. The minimum atomic E-state index is -0.292. The van der Waals surface area contributed by atoms with Crippen molar-refractivity contribution < 1.29 is 9.21 Å². The maximum Gasteiger partial charge on any atom is 0.292 e. The molecular weight excluding hydrogens is 364 g/mol. The largest absolute Gasteiger partial charge is 0.455 e. The molecule has 0 radical (unpaired) electrons. The molecule has 1 fully saturated rings. The molecule has 27 heavy (non-hydrogen) atoms. The van der Waals surface area contributed by atoms with E-state index in [1.54, 1.807) is 16.8 Å². The molecule has 1 aliphatic heterocycles. The lowest BCUT2D eigenvalue weighted by Gasteiger charge is -2.11. The van der Waals surface area contributed by atoms with Crippen LogP contribution in [0.2, 0.25) is 5.02 Å². The fourth-order valence-corrected chi connectivity index (χ4v) is 3.34. The van der Waals surface area contributed by atoms with Gasteiger partial charge in [0, 0.05) is 17.3 Å². The molecule has 1 aromatic carbocycles. The lowest BCUT2D eigenvalue weighted by Crippen LogP contribution is -2.18. The summed E-state index contributed by atoms with van der Waals surface area (Å²) in [4.78, 5) is 14.7. The van der Waals surface area contributed by atoms with Gasteiger partial charge < -0.3 is 9.73 Å². The van der Waals surface area contributed by atoms with Gasteiger partial charge in [-0.15, -0.1) is 0 Å². The van der Waals surface area contributed by atoms with E-state index < -0.39 is 0 Å². The zero-order valence-electron chi connectivity index (χ0n) is 14.9. The standard InChI is InChI=1S/C20H21ClN4O2/c21-16-5-3-15(4-6-16)13-25-12-9-19(23-25)22-20(26)18-8-7-17(27-18)14-24-10-1-2-11-24/h3-9,12H,1-2,10-11,13-14H2,(H,22,23,26). The van der Waals surface area contributed by atoms with Crippen molar-refractivity contribution in [3.05, 3.63) is 70.8 Å². The van der Waals surface area contributed by atoms with E-state index in [0.717, 1.165) is 31.0 Å². The number of nitrogens with one attached hydrogen (secondary N) is 1. The number of amides is 1. The first-order chi connectivity index (χ1) is 13.2. The molecule has 0 aliphatic carbocycles. The third kappa shape index (κ3) is 4.59. The van der Waals surface area contributed by atoms with Crippen LogP contribution in [0.25, 0.3) is 0 Å². The van der Waals surface area contributed by atoms with Crippen molar-refractivity contribution in [2.45, 2.75) is 25.9 Å². The number of anilines is 1. The Balaban J connectivity index is 1.35.